The summed E-state index contributed by atoms with van der Waals surface area (Å²) in [6, 6.07) is 6.93. The number of rotatable bonds is 3. The molecule has 0 aromatic heterocycles. The molecule has 2 fully saturated rings. The molecule has 1 spiro atoms. The molecule has 2 heterocycles. The lowest BCUT2D eigenvalue weighted by atomic mass is 9.84. The number of Topliss-reactive ketones (excluding diaryl/α,β-unsaturated/α-hetero) is 1. The van der Waals surface area contributed by atoms with Crippen LogP contribution in [0.25, 0.3) is 0 Å². The predicted molar refractivity (Wildman–Crippen MR) is 85.7 cm³/mol. The van der Waals surface area contributed by atoms with Gasteiger partial charge in [0.1, 0.15) is 0 Å². The van der Waals surface area contributed by atoms with Crippen molar-refractivity contribution in [3.8, 4) is 0 Å². The molecule has 1 aromatic rings. The minimum Gasteiger partial charge on any atom is -0.381 e. The average Bonchev–Trinajstić information content (AvgIpc) is 2.55. The zero-order valence-electron chi connectivity index (χ0n) is 13.5. The first kappa shape index (κ1) is 16.1. The maximum absolute atomic E-state index is 12.4. The summed E-state index contributed by atoms with van der Waals surface area (Å²) in [4.78, 5) is 23.7. The lowest BCUT2D eigenvalue weighted by Gasteiger charge is -2.43. The highest BCUT2D eigenvalue weighted by Crippen LogP contribution is 2.34. The SMILES string of the molecule is CC(=O)c1ccc(C(=O)NC2CCOC3(CCOCC3)C2)cc1. The number of carbonyl (C=O) groups is 2. The lowest BCUT2D eigenvalue weighted by Crippen LogP contribution is -2.51. The first-order valence-corrected chi connectivity index (χ1v) is 8.22. The van der Waals surface area contributed by atoms with Crippen LogP contribution in [0.2, 0.25) is 0 Å². The van der Waals surface area contributed by atoms with Crippen molar-refractivity contribution >= 4 is 11.7 Å². The molecule has 2 saturated heterocycles. The molecule has 1 amide bonds. The summed E-state index contributed by atoms with van der Waals surface area (Å²) in [5, 5.41) is 3.11. The van der Waals surface area contributed by atoms with E-state index in [2.05, 4.69) is 5.32 Å². The molecule has 1 unspecified atom stereocenters. The molecule has 2 aliphatic rings. The molecule has 5 nitrogen and oxygen atoms in total. The second kappa shape index (κ2) is 6.81. The van der Waals surface area contributed by atoms with Crippen molar-refractivity contribution in [2.45, 2.75) is 44.2 Å². The topological polar surface area (TPSA) is 64.6 Å². The van der Waals surface area contributed by atoms with Crippen molar-refractivity contribution in [3.63, 3.8) is 0 Å². The monoisotopic (exact) mass is 317 g/mol. The zero-order chi connectivity index (χ0) is 16.3. The molecule has 1 N–H and O–H groups in total. The molecule has 0 saturated carbocycles. The number of ether oxygens (including phenoxy) is 2. The van der Waals surface area contributed by atoms with Gasteiger partial charge in [0.15, 0.2) is 5.78 Å². The number of hydrogen-bond acceptors (Lipinski definition) is 4. The van der Waals surface area contributed by atoms with E-state index < -0.39 is 0 Å². The molecule has 0 aliphatic carbocycles. The summed E-state index contributed by atoms with van der Waals surface area (Å²) in [5.74, 6) is -0.0861. The van der Waals surface area contributed by atoms with Gasteiger partial charge in [-0.3, -0.25) is 9.59 Å². The van der Waals surface area contributed by atoms with Crippen LogP contribution in [-0.2, 0) is 9.47 Å². The first-order valence-electron chi connectivity index (χ1n) is 8.22. The van der Waals surface area contributed by atoms with Crippen LogP contribution in [-0.4, -0.2) is 43.2 Å². The smallest absolute Gasteiger partial charge is 0.251 e. The van der Waals surface area contributed by atoms with Crippen molar-refractivity contribution < 1.29 is 19.1 Å². The summed E-state index contributed by atoms with van der Waals surface area (Å²) >= 11 is 0. The minimum absolute atomic E-state index is 0.00264. The molecule has 1 atom stereocenters. The molecule has 3 rings (SSSR count). The Balaban J connectivity index is 1.61. The van der Waals surface area contributed by atoms with Crippen LogP contribution < -0.4 is 5.32 Å². The van der Waals surface area contributed by atoms with E-state index in [1.165, 1.54) is 6.92 Å². The lowest BCUT2D eigenvalue weighted by molar-refractivity contribution is -0.139. The van der Waals surface area contributed by atoms with Gasteiger partial charge >= 0.3 is 0 Å². The van der Waals surface area contributed by atoms with Gasteiger partial charge in [-0.05, 0) is 44.7 Å². The third kappa shape index (κ3) is 3.79. The van der Waals surface area contributed by atoms with E-state index in [-0.39, 0.29) is 23.3 Å². The van der Waals surface area contributed by atoms with Crippen molar-refractivity contribution in [1.29, 1.82) is 0 Å². The molecule has 0 radical (unpaired) electrons. The Hall–Kier alpha value is -1.72. The number of carbonyl (C=O) groups excluding carboxylic acids is 2. The summed E-state index contributed by atoms with van der Waals surface area (Å²) in [5.41, 5.74) is 1.07. The number of amides is 1. The average molecular weight is 317 g/mol. The highest BCUT2D eigenvalue weighted by atomic mass is 16.5. The summed E-state index contributed by atoms with van der Waals surface area (Å²) in [6.07, 6.45) is 3.47. The number of nitrogens with one attached hydrogen (secondary N) is 1. The van der Waals surface area contributed by atoms with Crippen molar-refractivity contribution in [3.05, 3.63) is 35.4 Å². The van der Waals surface area contributed by atoms with Crippen molar-refractivity contribution in [2.75, 3.05) is 19.8 Å². The van der Waals surface area contributed by atoms with Gasteiger partial charge in [-0.25, -0.2) is 0 Å². The van der Waals surface area contributed by atoms with Gasteiger partial charge in [-0.15, -0.1) is 0 Å². The maximum Gasteiger partial charge on any atom is 0.251 e. The van der Waals surface area contributed by atoms with E-state index in [1.807, 2.05) is 0 Å². The highest BCUT2D eigenvalue weighted by Gasteiger charge is 2.39. The molecule has 1 aromatic carbocycles. The summed E-state index contributed by atoms with van der Waals surface area (Å²) < 4.78 is 11.4. The van der Waals surface area contributed by atoms with Gasteiger partial charge in [-0.1, -0.05) is 12.1 Å². The van der Waals surface area contributed by atoms with Crippen LogP contribution in [0.5, 0.6) is 0 Å². The fraction of sp³-hybridized carbons (Fsp3) is 0.556. The maximum atomic E-state index is 12.4. The van der Waals surface area contributed by atoms with Crippen LogP contribution in [0.15, 0.2) is 24.3 Å². The predicted octanol–water partition coefficient (Wildman–Crippen LogP) is 2.35. The third-order valence-electron chi connectivity index (χ3n) is 4.79. The second-order valence-corrected chi connectivity index (χ2v) is 6.44. The zero-order valence-corrected chi connectivity index (χ0v) is 13.5. The van der Waals surface area contributed by atoms with Crippen LogP contribution in [0, 0.1) is 0 Å². The molecule has 5 heteroatoms. The van der Waals surface area contributed by atoms with Gasteiger partial charge < -0.3 is 14.8 Å². The Morgan fingerprint density at radius 2 is 1.74 bits per heavy atom. The highest BCUT2D eigenvalue weighted by molar-refractivity contribution is 5.97. The molecule has 23 heavy (non-hydrogen) atoms. The summed E-state index contributed by atoms with van der Waals surface area (Å²) in [7, 11) is 0. The number of benzene rings is 1. The van der Waals surface area contributed by atoms with Crippen LogP contribution in [0.3, 0.4) is 0 Å². The quantitative estimate of drug-likeness (QED) is 0.869. The van der Waals surface area contributed by atoms with Gasteiger partial charge in [0.2, 0.25) is 0 Å². The van der Waals surface area contributed by atoms with Crippen molar-refractivity contribution in [1.82, 2.24) is 5.32 Å². The van der Waals surface area contributed by atoms with E-state index in [1.54, 1.807) is 24.3 Å². The Morgan fingerprint density at radius 1 is 1.09 bits per heavy atom. The Bertz CT molecular complexity index is 570. The van der Waals surface area contributed by atoms with Crippen LogP contribution in [0.1, 0.15) is 53.3 Å². The second-order valence-electron chi connectivity index (χ2n) is 6.44. The van der Waals surface area contributed by atoms with Gasteiger partial charge in [-0.2, -0.15) is 0 Å². The third-order valence-corrected chi connectivity index (χ3v) is 4.79. The molecular weight excluding hydrogens is 294 g/mol. The number of ketones is 1. The number of hydrogen-bond donors (Lipinski definition) is 1. The van der Waals surface area contributed by atoms with Gasteiger partial charge in [0.25, 0.3) is 5.91 Å². The molecule has 0 bridgehead atoms. The first-order chi connectivity index (χ1) is 11.1. The van der Waals surface area contributed by atoms with Gasteiger partial charge in [0.05, 0.1) is 5.60 Å². The Labute approximate surface area is 136 Å². The van der Waals surface area contributed by atoms with E-state index in [0.717, 1.165) is 38.9 Å². The Morgan fingerprint density at radius 3 is 2.39 bits per heavy atom. The molecular formula is C18H23NO4. The van der Waals surface area contributed by atoms with E-state index in [0.29, 0.717) is 17.7 Å². The van der Waals surface area contributed by atoms with E-state index in [9.17, 15) is 9.59 Å². The van der Waals surface area contributed by atoms with Crippen molar-refractivity contribution in [2.24, 2.45) is 0 Å². The molecule has 2 aliphatic heterocycles. The van der Waals surface area contributed by atoms with Crippen LogP contribution in [0.4, 0.5) is 0 Å². The van der Waals surface area contributed by atoms with E-state index in [4.69, 9.17) is 9.47 Å². The fourth-order valence-corrected chi connectivity index (χ4v) is 3.37. The van der Waals surface area contributed by atoms with Gasteiger partial charge in [0, 0.05) is 37.0 Å². The largest absolute Gasteiger partial charge is 0.381 e. The standard InChI is InChI=1S/C18H23NO4/c1-13(20)14-2-4-15(5-3-14)17(21)19-16-6-9-23-18(12-16)7-10-22-11-8-18/h2-5,16H,6-12H2,1H3,(H,19,21). The Kier molecular flexibility index (Phi) is 4.78. The minimum atomic E-state index is -0.132. The van der Waals surface area contributed by atoms with E-state index >= 15 is 0 Å². The molecule has 124 valence electrons. The summed E-state index contributed by atoms with van der Waals surface area (Å²) in [6.45, 7) is 3.65. The fourth-order valence-electron chi connectivity index (χ4n) is 3.37. The normalized spacial score (nSPS) is 23.4. The van der Waals surface area contributed by atoms with Crippen LogP contribution >= 0.6 is 0 Å².